The van der Waals surface area contributed by atoms with E-state index in [0.29, 0.717) is 4.99 Å². The lowest BCUT2D eigenvalue weighted by molar-refractivity contribution is 0.148. The van der Waals surface area contributed by atoms with Crippen molar-refractivity contribution >= 4 is 17.2 Å². The Hall–Kier alpha value is -0.150. The molecular formula is C6H13NOS. The van der Waals surface area contributed by atoms with E-state index in [0.717, 1.165) is 12.8 Å². The predicted octanol–water partition coefficient (Wildman–Crippen LogP) is 1.09. The standard InChI is InChI=1S/C6H13NOS/c1-3-4-5(8-2)6(7)9/h5H,3-4H2,1-2H3,(H2,7,9). The normalized spacial score (nSPS) is 13.1. The van der Waals surface area contributed by atoms with E-state index in [1.54, 1.807) is 7.11 Å². The Morgan fingerprint density at radius 1 is 1.78 bits per heavy atom. The molecular weight excluding hydrogens is 134 g/mol. The summed E-state index contributed by atoms with van der Waals surface area (Å²) < 4.78 is 4.99. The summed E-state index contributed by atoms with van der Waals surface area (Å²) in [6, 6.07) is 0. The first-order chi connectivity index (χ1) is 4.22. The molecule has 2 nitrogen and oxygen atoms in total. The Bertz CT molecular complexity index is 95.1. The highest BCUT2D eigenvalue weighted by atomic mass is 32.1. The summed E-state index contributed by atoms with van der Waals surface area (Å²) in [5.41, 5.74) is 5.34. The molecule has 0 saturated heterocycles. The molecule has 0 heterocycles. The van der Waals surface area contributed by atoms with Gasteiger partial charge in [-0.3, -0.25) is 0 Å². The molecule has 0 saturated carbocycles. The van der Waals surface area contributed by atoms with Gasteiger partial charge in [-0.05, 0) is 6.42 Å². The molecule has 0 rings (SSSR count). The van der Waals surface area contributed by atoms with Gasteiger partial charge >= 0.3 is 0 Å². The van der Waals surface area contributed by atoms with Gasteiger partial charge in [0.05, 0.1) is 0 Å². The van der Waals surface area contributed by atoms with Crippen LogP contribution in [0.3, 0.4) is 0 Å². The largest absolute Gasteiger partial charge is 0.391 e. The van der Waals surface area contributed by atoms with Gasteiger partial charge in [0.2, 0.25) is 0 Å². The van der Waals surface area contributed by atoms with Crippen LogP contribution in [-0.4, -0.2) is 18.2 Å². The molecule has 0 aliphatic heterocycles. The predicted molar refractivity (Wildman–Crippen MR) is 42.5 cm³/mol. The highest BCUT2D eigenvalue weighted by Gasteiger charge is 2.06. The van der Waals surface area contributed by atoms with Gasteiger partial charge in [-0.15, -0.1) is 0 Å². The van der Waals surface area contributed by atoms with Gasteiger partial charge in [-0.25, -0.2) is 0 Å². The molecule has 0 aromatic heterocycles. The van der Waals surface area contributed by atoms with Crippen LogP contribution in [0.1, 0.15) is 19.8 Å². The van der Waals surface area contributed by atoms with E-state index < -0.39 is 0 Å². The maximum absolute atomic E-state index is 5.34. The quantitative estimate of drug-likeness (QED) is 0.604. The molecule has 0 amide bonds. The van der Waals surface area contributed by atoms with Crippen molar-refractivity contribution in [2.24, 2.45) is 5.73 Å². The van der Waals surface area contributed by atoms with Crippen LogP contribution in [0, 0.1) is 0 Å². The van der Waals surface area contributed by atoms with Crippen LogP contribution in [0.4, 0.5) is 0 Å². The average Bonchev–Trinajstić information content (AvgIpc) is 1.82. The minimum absolute atomic E-state index is 0.0231. The van der Waals surface area contributed by atoms with Crippen molar-refractivity contribution in [3.63, 3.8) is 0 Å². The number of hydrogen-bond acceptors (Lipinski definition) is 2. The number of ether oxygens (including phenoxy) is 1. The maximum atomic E-state index is 5.34. The van der Waals surface area contributed by atoms with Crippen LogP contribution >= 0.6 is 12.2 Å². The van der Waals surface area contributed by atoms with E-state index >= 15 is 0 Å². The molecule has 0 bridgehead atoms. The van der Waals surface area contributed by atoms with Crippen LogP contribution in [0.5, 0.6) is 0 Å². The first-order valence-corrected chi connectivity index (χ1v) is 3.45. The summed E-state index contributed by atoms with van der Waals surface area (Å²) in [6.07, 6.45) is 1.95. The molecule has 3 heteroatoms. The van der Waals surface area contributed by atoms with E-state index in [1.807, 2.05) is 0 Å². The number of thiocarbonyl (C=S) groups is 1. The van der Waals surface area contributed by atoms with Crippen LogP contribution < -0.4 is 5.73 Å². The molecule has 0 fully saturated rings. The third-order valence-electron chi connectivity index (χ3n) is 1.15. The van der Waals surface area contributed by atoms with E-state index in [9.17, 15) is 0 Å². The first kappa shape index (κ1) is 8.85. The molecule has 0 radical (unpaired) electrons. The Morgan fingerprint density at radius 2 is 2.33 bits per heavy atom. The van der Waals surface area contributed by atoms with Crippen LogP contribution in [-0.2, 0) is 4.74 Å². The minimum atomic E-state index is -0.0231. The Balaban J connectivity index is 3.54. The summed E-state index contributed by atoms with van der Waals surface area (Å²) in [5.74, 6) is 0. The second kappa shape index (κ2) is 4.70. The summed E-state index contributed by atoms with van der Waals surface area (Å²) >= 11 is 4.73. The Kier molecular flexibility index (Phi) is 4.62. The van der Waals surface area contributed by atoms with Gasteiger partial charge in [-0.2, -0.15) is 0 Å². The molecule has 2 N–H and O–H groups in total. The zero-order chi connectivity index (χ0) is 7.28. The number of nitrogens with two attached hydrogens (primary N) is 1. The van der Waals surface area contributed by atoms with Gasteiger partial charge in [0.1, 0.15) is 11.1 Å². The summed E-state index contributed by atoms with van der Waals surface area (Å²) in [7, 11) is 1.62. The lowest BCUT2D eigenvalue weighted by Crippen LogP contribution is -2.27. The molecule has 54 valence electrons. The van der Waals surface area contributed by atoms with Gasteiger partial charge in [0.15, 0.2) is 0 Å². The molecule has 1 atom stereocenters. The number of methoxy groups -OCH3 is 1. The van der Waals surface area contributed by atoms with Crippen molar-refractivity contribution in [1.29, 1.82) is 0 Å². The fourth-order valence-electron chi connectivity index (χ4n) is 0.638. The highest BCUT2D eigenvalue weighted by molar-refractivity contribution is 7.80. The Morgan fingerprint density at radius 3 is 2.44 bits per heavy atom. The fraction of sp³-hybridized carbons (Fsp3) is 0.833. The molecule has 0 spiro atoms. The van der Waals surface area contributed by atoms with Crippen LogP contribution in [0.15, 0.2) is 0 Å². The molecule has 0 aromatic rings. The van der Waals surface area contributed by atoms with E-state index in [4.69, 9.17) is 22.7 Å². The monoisotopic (exact) mass is 147 g/mol. The first-order valence-electron chi connectivity index (χ1n) is 3.04. The highest BCUT2D eigenvalue weighted by Crippen LogP contribution is 1.99. The SMILES string of the molecule is CCCC(OC)C(N)=S. The molecule has 0 aromatic carbocycles. The topological polar surface area (TPSA) is 35.2 Å². The third kappa shape index (κ3) is 3.43. The van der Waals surface area contributed by atoms with Crippen molar-refractivity contribution in [2.75, 3.05) is 7.11 Å². The van der Waals surface area contributed by atoms with Crippen molar-refractivity contribution in [3.8, 4) is 0 Å². The summed E-state index contributed by atoms with van der Waals surface area (Å²) in [4.78, 5) is 0.458. The number of rotatable bonds is 4. The second-order valence-electron chi connectivity index (χ2n) is 1.92. The van der Waals surface area contributed by atoms with Crippen LogP contribution in [0.2, 0.25) is 0 Å². The zero-order valence-corrected chi connectivity index (χ0v) is 6.70. The fourth-order valence-corrected chi connectivity index (χ4v) is 0.853. The lowest BCUT2D eigenvalue weighted by atomic mass is 10.2. The van der Waals surface area contributed by atoms with Crippen molar-refractivity contribution < 1.29 is 4.74 Å². The average molecular weight is 147 g/mol. The van der Waals surface area contributed by atoms with Crippen molar-refractivity contribution in [3.05, 3.63) is 0 Å². The van der Waals surface area contributed by atoms with Gasteiger partial charge in [0.25, 0.3) is 0 Å². The van der Waals surface area contributed by atoms with Crippen molar-refractivity contribution in [1.82, 2.24) is 0 Å². The smallest absolute Gasteiger partial charge is 0.107 e. The summed E-state index contributed by atoms with van der Waals surface area (Å²) in [6.45, 7) is 2.07. The van der Waals surface area contributed by atoms with E-state index in [1.165, 1.54) is 0 Å². The third-order valence-corrected chi connectivity index (χ3v) is 1.42. The Labute approximate surface area is 61.4 Å². The molecule has 9 heavy (non-hydrogen) atoms. The van der Waals surface area contributed by atoms with Crippen molar-refractivity contribution in [2.45, 2.75) is 25.9 Å². The molecule has 0 aliphatic carbocycles. The van der Waals surface area contributed by atoms with Crippen LogP contribution in [0.25, 0.3) is 0 Å². The molecule has 1 unspecified atom stereocenters. The maximum Gasteiger partial charge on any atom is 0.107 e. The van der Waals surface area contributed by atoms with Gasteiger partial charge in [0, 0.05) is 7.11 Å². The van der Waals surface area contributed by atoms with Gasteiger partial charge in [-0.1, -0.05) is 25.6 Å². The molecule has 0 aliphatic rings. The van der Waals surface area contributed by atoms with Gasteiger partial charge < -0.3 is 10.5 Å². The minimum Gasteiger partial charge on any atom is -0.391 e. The van der Waals surface area contributed by atoms with E-state index in [-0.39, 0.29) is 6.10 Å². The van der Waals surface area contributed by atoms with E-state index in [2.05, 4.69) is 6.92 Å². The number of hydrogen-bond donors (Lipinski definition) is 1. The second-order valence-corrected chi connectivity index (χ2v) is 2.39. The zero-order valence-electron chi connectivity index (χ0n) is 5.89. The summed E-state index contributed by atoms with van der Waals surface area (Å²) in [5, 5.41) is 0. The lowest BCUT2D eigenvalue weighted by Gasteiger charge is -2.10.